The van der Waals surface area contributed by atoms with Gasteiger partial charge in [-0.15, -0.1) is 0 Å². The van der Waals surface area contributed by atoms with Gasteiger partial charge in [0, 0.05) is 25.0 Å². The number of hydrogen-bond acceptors (Lipinski definition) is 6. The molecule has 7 nitrogen and oxygen atoms in total. The van der Waals surface area contributed by atoms with Gasteiger partial charge >= 0.3 is 6.18 Å². The van der Waals surface area contributed by atoms with Gasteiger partial charge in [0.2, 0.25) is 11.8 Å². The van der Waals surface area contributed by atoms with Gasteiger partial charge in [-0.05, 0) is 49.8 Å². The minimum atomic E-state index is -4.54. The molecule has 1 aromatic heterocycles. The second kappa shape index (κ2) is 10.3. The molecule has 1 saturated carbocycles. The zero-order chi connectivity index (χ0) is 25.3. The van der Waals surface area contributed by atoms with Crippen molar-refractivity contribution in [3.05, 3.63) is 53.5 Å². The first-order valence-electron chi connectivity index (χ1n) is 12.3. The third-order valence-electron chi connectivity index (χ3n) is 7.10. The standard InChI is InChI=1S/C25H29F4N5O2/c26-9-10-30-23(17-2-1-3-18(12-17)25(27,28)29)24(35)33-11-8-19-6-7-22(34(19)15-33)36-21-14-31-20(13-32-21)16-4-5-16/h1-3,12-14,16,19,22-23,30H,4-11,15H2/t19-,22-,23?/m0/s1. The molecule has 0 radical (unpaired) electrons. The maximum Gasteiger partial charge on any atom is 0.416 e. The Morgan fingerprint density at radius 3 is 2.67 bits per heavy atom. The van der Waals surface area contributed by atoms with Crippen LogP contribution in [0.15, 0.2) is 36.7 Å². The molecule has 11 heteroatoms. The monoisotopic (exact) mass is 507 g/mol. The number of ether oxygens (including phenoxy) is 1. The predicted octanol–water partition coefficient (Wildman–Crippen LogP) is 4.03. The van der Waals surface area contributed by atoms with Crippen LogP contribution in [-0.2, 0) is 11.0 Å². The molecule has 2 aliphatic heterocycles. The number of nitrogens with one attached hydrogen (secondary N) is 1. The van der Waals surface area contributed by atoms with E-state index in [0.717, 1.165) is 49.9 Å². The average molecular weight is 508 g/mol. The van der Waals surface area contributed by atoms with Crippen LogP contribution in [0.25, 0.3) is 0 Å². The number of benzene rings is 1. The number of fused-ring (bicyclic) bond motifs is 1. The first-order chi connectivity index (χ1) is 17.3. The van der Waals surface area contributed by atoms with Crippen LogP contribution in [0.4, 0.5) is 17.6 Å². The largest absolute Gasteiger partial charge is 0.457 e. The molecule has 1 aliphatic carbocycles. The van der Waals surface area contributed by atoms with E-state index in [4.69, 9.17) is 4.74 Å². The second-order valence-corrected chi connectivity index (χ2v) is 9.60. The van der Waals surface area contributed by atoms with Crippen molar-refractivity contribution in [2.24, 2.45) is 0 Å². The lowest BCUT2D eigenvalue weighted by Crippen LogP contribution is -2.55. The van der Waals surface area contributed by atoms with Crippen LogP contribution in [-0.4, -0.2) is 64.4 Å². The summed E-state index contributed by atoms with van der Waals surface area (Å²) in [5.41, 5.74) is 0.286. The first-order valence-corrected chi connectivity index (χ1v) is 12.3. The summed E-state index contributed by atoms with van der Waals surface area (Å²) in [5.74, 6) is 0.542. The molecule has 36 heavy (non-hydrogen) atoms. The van der Waals surface area contributed by atoms with Gasteiger partial charge in [-0.2, -0.15) is 13.2 Å². The lowest BCUT2D eigenvalue weighted by atomic mass is 10.0. The van der Waals surface area contributed by atoms with Gasteiger partial charge in [-0.3, -0.25) is 15.1 Å². The highest BCUT2D eigenvalue weighted by atomic mass is 19.4. The smallest absolute Gasteiger partial charge is 0.416 e. The summed E-state index contributed by atoms with van der Waals surface area (Å²) in [7, 11) is 0. The van der Waals surface area contributed by atoms with E-state index >= 15 is 0 Å². The minimum Gasteiger partial charge on any atom is -0.457 e. The molecular weight excluding hydrogens is 478 g/mol. The molecule has 3 heterocycles. The van der Waals surface area contributed by atoms with Gasteiger partial charge in [-0.25, -0.2) is 14.3 Å². The highest BCUT2D eigenvalue weighted by Crippen LogP contribution is 2.39. The number of carbonyl (C=O) groups is 1. The van der Waals surface area contributed by atoms with E-state index in [1.165, 1.54) is 12.1 Å². The Hall–Kier alpha value is -2.79. The van der Waals surface area contributed by atoms with Crippen molar-refractivity contribution in [3.8, 4) is 5.88 Å². The van der Waals surface area contributed by atoms with Crippen molar-refractivity contribution in [1.29, 1.82) is 0 Å². The van der Waals surface area contributed by atoms with E-state index in [9.17, 15) is 22.4 Å². The highest BCUT2D eigenvalue weighted by Gasteiger charge is 2.41. The quantitative estimate of drug-likeness (QED) is 0.544. The molecule has 3 aliphatic rings. The summed E-state index contributed by atoms with van der Waals surface area (Å²) in [6.07, 6.45) is 3.25. The summed E-state index contributed by atoms with van der Waals surface area (Å²) in [5, 5.41) is 2.79. The lowest BCUT2D eigenvalue weighted by Gasteiger charge is -2.41. The Morgan fingerprint density at radius 2 is 1.97 bits per heavy atom. The number of rotatable bonds is 8. The van der Waals surface area contributed by atoms with E-state index < -0.39 is 24.5 Å². The fraction of sp³-hybridized carbons (Fsp3) is 0.560. The van der Waals surface area contributed by atoms with Gasteiger partial charge in [-0.1, -0.05) is 12.1 Å². The lowest BCUT2D eigenvalue weighted by molar-refractivity contribution is -0.142. The van der Waals surface area contributed by atoms with Crippen LogP contribution in [0, 0.1) is 0 Å². The van der Waals surface area contributed by atoms with E-state index in [-0.39, 0.29) is 37.0 Å². The van der Waals surface area contributed by atoms with Gasteiger partial charge in [0.05, 0.1) is 30.3 Å². The van der Waals surface area contributed by atoms with E-state index in [1.54, 1.807) is 17.3 Å². The van der Waals surface area contributed by atoms with Crippen molar-refractivity contribution < 1.29 is 27.1 Å². The van der Waals surface area contributed by atoms with Gasteiger partial charge in [0.15, 0.2) is 6.23 Å². The number of halogens is 4. The SMILES string of the molecule is O=C(C(NCCF)c1cccc(C(F)(F)F)c1)N1CC[C@@H]2CC[C@H](Oc3cnc(C4CC4)cn3)N2C1. The molecule has 5 rings (SSSR count). The van der Waals surface area contributed by atoms with Crippen molar-refractivity contribution >= 4 is 5.91 Å². The van der Waals surface area contributed by atoms with Gasteiger partial charge in [0.1, 0.15) is 12.7 Å². The molecule has 1 amide bonds. The number of carbonyl (C=O) groups excluding carboxylic acids is 1. The molecule has 2 saturated heterocycles. The fourth-order valence-electron chi connectivity index (χ4n) is 5.04. The summed E-state index contributed by atoms with van der Waals surface area (Å²) in [6, 6.07) is 3.79. The number of aromatic nitrogens is 2. The molecule has 0 spiro atoms. The Bertz CT molecular complexity index is 1060. The Morgan fingerprint density at radius 1 is 1.14 bits per heavy atom. The molecule has 0 bridgehead atoms. The molecule has 1 unspecified atom stereocenters. The normalized spacial score (nSPS) is 23.4. The summed E-state index contributed by atoms with van der Waals surface area (Å²) < 4.78 is 58.9. The topological polar surface area (TPSA) is 70.6 Å². The summed E-state index contributed by atoms with van der Waals surface area (Å²) >= 11 is 0. The van der Waals surface area contributed by atoms with Gasteiger partial charge in [0.25, 0.3) is 0 Å². The molecular formula is C25H29F4N5O2. The summed E-state index contributed by atoms with van der Waals surface area (Å²) in [6.45, 7) is -0.147. The zero-order valence-corrected chi connectivity index (χ0v) is 19.8. The predicted molar refractivity (Wildman–Crippen MR) is 123 cm³/mol. The van der Waals surface area contributed by atoms with Crippen LogP contribution in [0.5, 0.6) is 5.88 Å². The van der Waals surface area contributed by atoms with Crippen molar-refractivity contribution in [3.63, 3.8) is 0 Å². The number of amides is 1. The average Bonchev–Trinajstić information content (AvgIpc) is 3.65. The van der Waals surface area contributed by atoms with Crippen LogP contribution < -0.4 is 10.1 Å². The Kier molecular flexibility index (Phi) is 7.11. The van der Waals surface area contributed by atoms with Crippen LogP contribution in [0.3, 0.4) is 0 Å². The zero-order valence-electron chi connectivity index (χ0n) is 19.8. The molecule has 194 valence electrons. The number of nitrogens with zero attached hydrogens (tertiary/aromatic N) is 4. The van der Waals surface area contributed by atoms with Crippen molar-refractivity contribution in [2.75, 3.05) is 26.4 Å². The second-order valence-electron chi connectivity index (χ2n) is 9.60. The molecule has 1 N–H and O–H groups in total. The van der Waals surface area contributed by atoms with Crippen LogP contribution in [0.2, 0.25) is 0 Å². The summed E-state index contributed by atoms with van der Waals surface area (Å²) in [4.78, 5) is 26.0. The Balaban J connectivity index is 1.29. The van der Waals surface area contributed by atoms with Crippen molar-refractivity contribution in [2.45, 2.75) is 62.5 Å². The highest BCUT2D eigenvalue weighted by molar-refractivity contribution is 5.83. The Labute approximate surface area is 206 Å². The molecule has 3 atom stereocenters. The number of alkyl halides is 4. The molecule has 2 aromatic rings. The molecule has 1 aromatic carbocycles. The van der Waals surface area contributed by atoms with Crippen molar-refractivity contribution in [1.82, 2.24) is 25.1 Å². The maximum absolute atomic E-state index is 13.5. The third-order valence-corrected chi connectivity index (χ3v) is 7.10. The van der Waals surface area contributed by atoms with E-state index in [2.05, 4.69) is 20.2 Å². The van der Waals surface area contributed by atoms with Crippen LogP contribution >= 0.6 is 0 Å². The third kappa shape index (κ3) is 5.46. The first kappa shape index (κ1) is 24.9. The molecule has 3 fully saturated rings. The minimum absolute atomic E-state index is 0.145. The van der Waals surface area contributed by atoms with E-state index in [0.29, 0.717) is 18.3 Å². The number of hydrogen-bond donors (Lipinski definition) is 1. The van der Waals surface area contributed by atoms with Gasteiger partial charge < -0.3 is 9.64 Å². The van der Waals surface area contributed by atoms with Crippen LogP contribution in [0.1, 0.15) is 60.9 Å². The van der Waals surface area contributed by atoms with E-state index in [1.807, 2.05) is 0 Å². The fourth-order valence-corrected chi connectivity index (χ4v) is 5.04. The maximum atomic E-state index is 13.5.